The van der Waals surface area contributed by atoms with Gasteiger partial charge in [-0.3, -0.25) is 0 Å². The minimum Gasteiger partial charge on any atom is -0.354 e. The van der Waals surface area contributed by atoms with Crippen molar-refractivity contribution in [3.63, 3.8) is 0 Å². The Morgan fingerprint density at radius 3 is 2.35 bits per heavy atom. The zero-order valence-electron chi connectivity index (χ0n) is 19.5. The van der Waals surface area contributed by atoms with Crippen molar-refractivity contribution in [1.29, 1.82) is 0 Å². The van der Waals surface area contributed by atoms with Gasteiger partial charge in [-0.2, -0.15) is 18.2 Å². The molecule has 2 heterocycles. The molecule has 0 spiro atoms. The third-order valence-electron chi connectivity index (χ3n) is 6.11. The molecular weight excluding hydrogens is 510 g/mol. The lowest BCUT2D eigenvalue weighted by Gasteiger charge is -2.22. The fourth-order valence-electron chi connectivity index (χ4n) is 3.86. The first-order valence-corrected chi connectivity index (χ1v) is 13.2. The molecule has 2 aromatic heterocycles. The molecule has 0 saturated heterocycles. The van der Waals surface area contributed by atoms with E-state index in [-0.39, 0.29) is 41.6 Å². The molecule has 0 aliphatic heterocycles. The summed E-state index contributed by atoms with van der Waals surface area (Å²) >= 11 is 0. The van der Waals surface area contributed by atoms with Crippen LogP contribution in [-0.4, -0.2) is 41.3 Å². The standard InChI is InChI=1S/C25H21F4N5O2S/c1-37(35,36)18-4-2-3-15(13-18)14-30-23-32-20-10-9-19(16-5-7-17(26)8-6-16)31-21(20)22(33-23)34-24(11-12-24)25(27,28)29/h2-10,13H,11-12,14H2,1H3,(H2,30,32,33,34). The summed E-state index contributed by atoms with van der Waals surface area (Å²) in [6.07, 6.45) is -3.58. The monoisotopic (exact) mass is 531 g/mol. The number of nitrogens with zero attached hydrogens (tertiary/aromatic N) is 3. The molecule has 2 N–H and O–H groups in total. The predicted octanol–water partition coefficient (Wildman–Crippen LogP) is 5.35. The number of benzene rings is 2. The van der Waals surface area contributed by atoms with Crippen molar-refractivity contribution in [2.75, 3.05) is 16.9 Å². The van der Waals surface area contributed by atoms with Gasteiger partial charge in [0.15, 0.2) is 15.7 Å². The number of sulfone groups is 1. The van der Waals surface area contributed by atoms with E-state index >= 15 is 0 Å². The molecule has 1 fully saturated rings. The zero-order valence-corrected chi connectivity index (χ0v) is 20.3. The van der Waals surface area contributed by atoms with E-state index in [0.717, 1.165) is 6.26 Å². The van der Waals surface area contributed by atoms with Crippen molar-refractivity contribution < 1.29 is 26.0 Å². The zero-order chi connectivity index (χ0) is 26.4. The van der Waals surface area contributed by atoms with E-state index in [2.05, 4.69) is 25.6 Å². The van der Waals surface area contributed by atoms with Gasteiger partial charge in [-0.25, -0.2) is 22.8 Å². The molecule has 5 rings (SSSR count). The summed E-state index contributed by atoms with van der Waals surface area (Å²) < 4.78 is 78.3. The largest absolute Gasteiger partial charge is 0.411 e. The van der Waals surface area contributed by atoms with Gasteiger partial charge in [-0.15, -0.1) is 0 Å². The fraction of sp³-hybridized carbons (Fsp3) is 0.240. The fourth-order valence-corrected chi connectivity index (χ4v) is 4.55. The van der Waals surface area contributed by atoms with Crippen LogP contribution in [0.4, 0.5) is 29.3 Å². The lowest BCUT2D eigenvalue weighted by atomic mass is 10.1. The van der Waals surface area contributed by atoms with E-state index in [1.54, 1.807) is 24.3 Å². The highest BCUT2D eigenvalue weighted by molar-refractivity contribution is 7.90. The van der Waals surface area contributed by atoms with Crippen molar-refractivity contribution in [2.24, 2.45) is 0 Å². The molecule has 0 radical (unpaired) electrons. The lowest BCUT2D eigenvalue weighted by molar-refractivity contribution is -0.151. The number of nitrogens with one attached hydrogen (secondary N) is 2. The van der Waals surface area contributed by atoms with Gasteiger partial charge < -0.3 is 10.6 Å². The summed E-state index contributed by atoms with van der Waals surface area (Å²) in [7, 11) is -3.41. The van der Waals surface area contributed by atoms with E-state index in [1.807, 2.05) is 0 Å². The summed E-state index contributed by atoms with van der Waals surface area (Å²) in [6.45, 7) is 0.139. The Morgan fingerprint density at radius 1 is 0.973 bits per heavy atom. The number of aromatic nitrogens is 3. The molecule has 1 aliphatic rings. The Labute approximate surface area is 209 Å². The molecule has 37 heavy (non-hydrogen) atoms. The van der Waals surface area contributed by atoms with E-state index in [1.165, 1.54) is 36.4 Å². The van der Waals surface area contributed by atoms with Crippen LogP contribution < -0.4 is 10.6 Å². The van der Waals surface area contributed by atoms with Crippen LogP contribution in [0.2, 0.25) is 0 Å². The molecule has 0 atom stereocenters. The van der Waals surface area contributed by atoms with E-state index < -0.39 is 27.4 Å². The Balaban J connectivity index is 1.52. The van der Waals surface area contributed by atoms with Crippen molar-refractivity contribution in [3.8, 4) is 11.3 Å². The summed E-state index contributed by atoms with van der Waals surface area (Å²) in [6, 6.07) is 15.1. The molecule has 0 bridgehead atoms. The highest BCUT2D eigenvalue weighted by atomic mass is 32.2. The number of rotatable bonds is 7. The molecule has 0 unspecified atom stereocenters. The van der Waals surface area contributed by atoms with Gasteiger partial charge >= 0.3 is 6.18 Å². The number of halogens is 4. The number of hydrogen-bond donors (Lipinski definition) is 2. The van der Waals surface area contributed by atoms with Gasteiger partial charge in [0.05, 0.1) is 16.1 Å². The van der Waals surface area contributed by atoms with Crippen LogP contribution in [-0.2, 0) is 16.4 Å². The maximum atomic E-state index is 13.7. The summed E-state index contributed by atoms with van der Waals surface area (Å²) in [5, 5.41) is 5.51. The first kappa shape index (κ1) is 24.9. The Kier molecular flexibility index (Phi) is 6.01. The molecule has 0 amide bonds. The minimum atomic E-state index is -4.49. The summed E-state index contributed by atoms with van der Waals surface area (Å²) in [5.41, 5.74) is -0.0211. The first-order valence-electron chi connectivity index (χ1n) is 11.3. The topological polar surface area (TPSA) is 96.9 Å². The van der Waals surface area contributed by atoms with Crippen molar-refractivity contribution in [2.45, 2.75) is 36.0 Å². The SMILES string of the molecule is CS(=O)(=O)c1cccc(CNc2nc(NC3(C(F)(F)F)CC3)c3nc(-c4ccc(F)cc4)ccc3n2)c1. The van der Waals surface area contributed by atoms with Gasteiger partial charge in [-0.1, -0.05) is 12.1 Å². The minimum absolute atomic E-state index is 0.0501. The van der Waals surface area contributed by atoms with Crippen LogP contribution in [0.25, 0.3) is 22.3 Å². The number of hydrogen-bond acceptors (Lipinski definition) is 7. The van der Waals surface area contributed by atoms with E-state index in [4.69, 9.17) is 0 Å². The maximum Gasteiger partial charge on any atom is 0.411 e. The van der Waals surface area contributed by atoms with Crippen LogP contribution in [0.1, 0.15) is 18.4 Å². The highest BCUT2D eigenvalue weighted by Gasteiger charge is 2.64. The van der Waals surface area contributed by atoms with Gasteiger partial charge in [0.2, 0.25) is 5.95 Å². The molecule has 2 aromatic carbocycles. The third-order valence-corrected chi connectivity index (χ3v) is 7.22. The van der Waals surface area contributed by atoms with Crippen molar-refractivity contribution in [1.82, 2.24) is 15.0 Å². The third kappa shape index (κ3) is 5.19. The molecule has 1 saturated carbocycles. The number of pyridine rings is 1. The smallest absolute Gasteiger partial charge is 0.354 e. The van der Waals surface area contributed by atoms with Gasteiger partial charge in [-0.05, 0) is 66.9 Å². The molecule has 7 nitrogen and oxygen atoms in total. The quantitative estimate of drug-likeness (QED) is 0.310. The Bertz CT molecular complexity index is 1590. The summed E-state index contributed by atoms with van der Waals surface area (Å²) in [4.78, 5) is 13.3. The van der Waals surface area contributed by atoms with Crippen LogP contribution in [0.15, 0.2) is 65.6 Å². The second kappa shape index (κ2) is 8.94. The molecular formula is C25H21F4N5O2S. The molecule has 192 valence electrons. The van der Waals surface area contributed by atoms with Crippen LogP contribution >= 0.6 is 0 Å². The Morgan fingerprint density at radius 2 is 1.70 bits per heavy atom. The van der Waals surface area contributed by atoms with Gasteiger partial charge in [0, 0.05) is 18.4 Å². The number of alkyl halides is 3. The van der Waals surface area contributed by atoms with Gasteiger partial charge in [0.25, 0.3) is 0 Å². The number of fused-ring (bicyclic) bond motifs is 1. The van der Waals surface area contributed by atoms with E-state index in [9.17, 15) is 26.0 Å². The second-order valence-electron chi connectivity index (χ2n) is 8.94. The molecule has 4 aromatic rings. The van der Waals surface area contributed by atoms with Crippen LogP contribution in [0.5, 0.6) is 0 Å². The number of anilines is 2. The average molecular weight is 532 g/mol. The van der Waals surface area contributed by atoms with Crippen LogP contribution in [0, 0.1) is 5.82 Å². The maximum absolute atomic E-state index is 13.7. The van der Waals surface area contributed by atoms with Crippen LogP contribution in [0.3, 0.4) is 0 Å². The van der Waals surface area contributed by atoms with Crippen molar-refractivity contribution in [3.05, 3.63) is 72.0 Å². The molecule has 12 heteroatoms. The van der Waals surface area contributed by atoms with Gasteiger partial charge in [0.1, 0.15) is 16.9 Å². The molecule has 1 aliphatic carbocycles. The predicted molar refractivity (Wildman–Crippen MR) is 131 cm³/mol. The average Bonchev–Trinajstić information content (AvgIpc) is 3.64. The second-order valence-corrected chi connectivity index (χ2v) is 11.0. The highest BCUT2D eigenvalue weighted by Crippen LogP contribution is 2.51. The summed E-state index contributed by atoms with van der Waals surface area (Å²) in [5.74, 6) is -0.459. The van der Waals surface area contributed by atoms with Crippen molar-refractivity contribution >= 4 is 32.6 Å². The normalized spacial score (nSPS) is 14.9. The van der Waals surface area contributed by atoms with E-state index in [0.29, 0.717) is 22.3 Å². The lowest BCUT2D eigenvalue weighted by Crippen LogP contribution is -2.39. The first-order chi connectivity index (χ1) is 17.4. The Hall–Kier alpha value is -3.80.